The third kappa shape index (κ3) is 3.61. The molecule has 0 spiro atoms. The second kappa shape index (κ2) is 7.18. The molecule has 0 aliphatic carbocycles. The van der Waals surface area contributed by atoms with Crippen LogP contribution in [0.2, 0.25) is 5.15 Å². The molecule has 1 N–H and O–H groups in total. The van der Waals surface area contributed by atoms with E-state index in [4.69, 9.17) is 16.0 Å². The molecule has 1 fully saturated rings. The predicted molar refractivity (Wildman–Crippen MR) is 88.4 cm³/mol. The number of hydrogen-bond acceptors (Lipinski definition) is 7. The van der Waals surface area contributed by atoms with Gasteiger partial charge in [0.05, 0.1) is 31.4 Å². The number of β-amino-alcohol motifs (C(OH)–C–C–N with tert-alkyl or cyclic N) is 1. The zero-order valence-electron chi connectivity index (χ0n) is 14.2. The summed E-state index contributed by atoms with van der Waals surface area (Å²) < 4.78 is 7.33. The first kappa shape index (κ1) is 17.3. The van der Waals surface area contributed by atoms with E-state index in [-0.39, 0.29) is 6.04 Å². The van der Waals surface area contributed by atoms with Crippen molar-refractivity contribution in [3.63, 3.8) is 0 Å². The van der Waals surface area contributed by atoms with E-state index in [2.05, 4.69) is 31.9 Å². The lowest BCUT2D eigenvalue weighted by Crippen LogP contribution is -2.42. The molecule has 0 amide bonds. The Morgan fingerprint density at radius 1 is 1.42 bits per heavy atom. The SMILES string of the molecule is CCN(Cc1nnc(C)o1)C1CN(Cc2ncc(Cl)n2C)C[C@H]1O. The highest BCUT2D eigenvalue weighted by Crippen LogP contribution is 2.21. The van der Waals surface area contributed by atoms with Gasteiger partial charge in [-0.1, -0.05) is 18.5 Å². The predicted octanol–water partition coefficient (Wildman–Crippen LogP) is 0.832. The van der Waals surface area contributed by atoms with Crippen molar-refractivity contribution in [2.24, 2.45) is 7.05 Å². The third-order valence-corrected chi connectivity index (χ3v) is 4.86. The van der Waals surface area contributed by atoms with Crippen molar-refractivity contribution in [3.8, 4) is 0 Å². The second-order valence-corrected chi connectivity index (χ2v) is 6.55. The van der Waals surface area contributed by atoms with E-state index in [1.54, 1.807) is 13.1 Å². The first-order valence-corrected chi connectivity index (χ1v) is 8.45. The van der Waals surface area contributed by atoms with E-state index in [1.165, 1.54) is 0 Å². The van der Waals surface area contributed by atoms with Crippen molar-refractivity contribution in [3.05, 3.63) is 29.0 Å². The van der Waals surface area contributed by atoms with Crippen LogP contribution in [-0.4, -0.2) is 66.4 Å². The number of aliphatic hydroxyl groups is 1. The van der Waals surface area contributed by atoms with Crippen molar-refractivity contribution in [2.45, 2.75) is 39.1 Å². The fourth-order valence-electron chi connectivity index (χ4n) is 3.14. The van der Waals surface area contributed by atoms with Crippen LogP contribution < -0.4 is 0 Å². The lowest BCUT2D eigenvalue weighted by Gasteiger charge is -2.28. The number of likely N-dealkylation sites (N-methyl/N-ethyl adjacent to an activating group) is 1. The fraction of sp³-hybridized carbons (Fsp3) is 0.667. The van der Waals surface area contributed by atoms with Gasteiger partial charge in [-0.05, 0) is 6.54 Å². The van der Waals surface area contributed by atoms with Crippen molar-refractivity contribution in [1.29, 1.82) is 0 Å². The summed E-state index contributed by atoms with van der Waals surface area (Å²) in [5.41, 5.74) is 0. The number of aryl methyl sites for hydroxylation is 1. The standard InChI is InChI=1S/C15H23ClN6O2/c1-4-22(9-15-19-18-10(2)24-15)11-6-21(7-12(11)23)8-14-17-5-13(16)20(14)3/h5,11-12,23H,4,6-9H2,1-3H3/t11?,12-/m1/s1. The van der Waals surface area contributed by atoms with Gasteiger partial charge in [0.2, 0.25) is 11.8 Å². The van der Waals surface area contributed by atoms with Crippen LogP contribution in [0.1, 0.15) is 24.5 Å². The van der Waals surface area contributed by atoms with Crippen LogP contribution in [-0.2, 0) is 20.1 Å². The molecule has 0 radical (unpaired) electrons. The fourth-order valence-corrected chi connectivity index (χ4v) is 3.29. The maximum atomic E-state index is 10.5. The van der Waals surface area contributed by atoms with Crippen LogP contribution in [0.3, 0.4) is 0 Å². The van der Waals surface area contributed by atoms with E-state index in [1.807, 2.05) is 11.6 Å². The molecule has 3 heterocycles. The number of rotatable bonds is 6. The number of aromatic nitrogens is 4. The average Bonchev–Trinajstić information content (AvgIpc) is 3.21. The molecule has 132 valence electrons. The molecule has 1 saturated heterocycles. The Bertz CT molecular complexity index is 687. The smallest absolute Gasteiger partial charge is 0.230 e. The molecular formula is C15H23ClN6O2. The van der Waals surface area contributed by atoms with Crippen LogP contribution >= 0.6 is 11.6 Å². The number of imidazole rings is 1. The van der Waals surface area contributed by atoms with E-state index in [0.29, 0.717) is 36.6 Å². The molecule has 0 aromatic carbocycles. The maximum absolute atomic E-state index is 10.5. The Kier molecular flexibility index (Phi) is 5.19. The van der Waals surface area contributed by atoms with Gasteiger partial charge in [-0.25, -0.2) is 4.98 Å². The molecule has 3 rings (SSSR count). The van der Waals surface area contributed by atoms with Gasteiger partial charge in [-0.2, -0.15) is 0 Å². The maximum Gasteiger partial charge on any atom is 0.230 e. The Labute approximate surface area is 146 Å². The number of nitrogens with zero attached hydrogens (tertiary/aromatic N) is 6. The monoisotopic (exact) mass is 354 g/mol. The summed E-state index contributed by atoms with van der Waals surface area (Å²) in [6.45, 7) is 7.20. The van der Waals surface area contributed by atoms with E-state index in [9.17, 15) is 5.11 Å². The summed E-state index contributed by atoms with van der Waals surface area (Å²) in [6, 6.07) is 0.0259. The van der Waals surface area contributed by atoms with Gasteiger partial charge >= 0.3 is 0 Å². The average molecular weight is 355 g/mol. The largest absolute Gasteiger partial charge is 0.424 e. The highest BCUT2D eigenvalue weighted by Gasteiger charge is 2.36. The second-order valence-electron chi connectivity index (χ2n) is 6.16. The molecule has 0 bridgehead atoms. The zero-order chi connectivity index (χ0) is 17.3. The van der Waals surface area contributed by atoms with Crippen molar-refractivity contribution in [2.75, 3.05) is 19.6 Å². The topological polar surface area (TPSA) is 83.5 Å². The summed E-state index contributed by atoms with van der Waals surface area (Å²) in [5.74, 6) is 2.03. The van der Waals surface area contributed by atoms with Gasteiger partial charge in [-0.3, -0.25) is 9.80 Å². The number of aliphatic hydroxyl groups excluding tert-OH is 1. The minimum absolute atomic E-state index is 0.0259. The first-order valence-electron chi connectivity index (χ1n) is 8.07. The lowest BCUT2D eigenvalue weighted by atomic mass is 10.2. The normalized spacial score (nSPS) is 21.9. The summed E-state index contributed by atoms with van der Waals surface area (Å²) in [7, 11) is 1.89. The van der Waals surface area contributed by atoms with Gasteiger partial charge in [0, 0.05) is 27.1 Å². The zero-order valence-corrected chi connectivity index (χ0v) is 14.9. The number of hydrogen-bond donors (Lipinski definition) is 1. The number of likely N-dealkylation sites (tertiary alicyclic amines) is 1. The molecule has 9 heteroatoms. The van der Waals surface area contributed by atoms with Gasteiger partial charge < -0.3 is 14.1 Å². The molecule has 8 nitrogen and oxygen atoms in total. The van der Waals surface area contributed by atoms with Crippen molar-refractivity contribution in [1.82, 2.24) is 29.5 Å². The van der Waals surface area contributed by atoms with Gasteiger partial charge in [0.25, 0.3) is 0 Å². The Morgan fingerprint density at radius 3 is 2.79 bits per heavy atom. The Hall–Kier alpha value is -1.48. The van der Waals surface area contributed by atoms with Crippen LogP contribution in [0.15, 0.2) is 10.6 Å². The summed E-state index contributed by atoms with van der Waals surface area (Å²) in [6.07, 6.45) is 1.22. The number of halogens is 1. The Balaban J connectivity index is 1.64. The summed E-state index contributed by atoms with van der Waals surface area (Å²) in [5, 5.41) is 19.0. The quantitative estimate of drug-likeness (QED) is 0.822. The van der Waals surface area contributed by atoms with Gasteiger partial charge in [-0.15, -0.1) is 10.2 Å². The molecule has 1 aliphatic rings. The molecule has 2 aromatic heterocycles. The third-order valence-electron chi connectivity index (χ3n) is 4.51. The van der Waals surface area contributed by atoms with Crippen molar-refractivity contribution >= 4 is 11.6 Å². The molecule has 2 atom stereocenters. The minimum Gasteiger partial charge on any atom is -0.424 e. The summed E-state index contributed by atoms with van der Waals surface area (Å²) >= 11 is 6.04. The summed E-state index contributed by atoms with van der Waals surface area (Å²) in [4.78, 5) is 8.69. The highest BCUT2D eigenvalue weighted by atomic mass is 35.5. The lowest BCUT2D eigenvalue weighted by molar-refractivity contribution is 0.0760. The molecular weight excluding hydrogens is 332 g/mol. The van der Waals surface area contributed by atoms with E-state index >= 15 is 0 Å². The van der Waals surface area contributed by atoms with E-state index in [0.717, 1.165) is 18.9 Å². The molecule has 0 saturated carbocycles. The first-order chi connectivity index (χ1) is 11.5. The molecule has 1 aliphatic heterocycles. The van der Waals surface area contributed by atoms with Gasteiger partial charge in [0.1, 0.15) is 11.0 Å². The van der Waals surface area contributed by atoms with Gasteiger partial charge in [0.15, 0.2) is 0 Å². The Morgan fingerprint density at radius 2 is 2.21 bits per heavy atom. The molecule has 1 unspecified atom stereocenters. The molecule has 24 heavy (non-hydrogen) atoms. The van der Waals surface area contributed by atoms with E-state index < -0.39 is 6.10 Å². The highest BCUT2D eigenvalue weighted by molar-refractivity contribution is 6.29. The van der Waals surface area contributed by atoms with Crippen LogP contribution in [0.4, 0.5) is 0 Å². The van der Waals surface area contributed by atoms with Crippen LogP contribution in [0.5, 0.6) is 0 Å². The van der Waals surface area contributed by atoms with Crippen LogP contribution in [0.25, 0.3) is 0 Å². The molecule has 2 aromatic rings. The van der Waals surface area contributed by atoms with Crippen LogP contribution in [0, 0.1) is 6.92 Å². The van der Waals surface area contributed by atoms with Crippen molar-refractivity contribution < 1.29 is 9.52 Å². The minimum atomic E-state index is -0.426.